The van der Waals surface area contributed by atoms with E-state index in [1.165, 1.54) is 29.2 Å². The molecule has 30 heavy (non-hydrogen) atoms. The van der Waals surface area contributed by atoms with E-state index in [1.54, 1.807) is 20.8 Å². The molecule has 0 spiro atoms. The predicted molar refractivity (Wildman–Crippen MR) is 112 cm³/mol. The van der Waals surface area contributed by atoms with E-state index in [4.69, 9.17) is 10.5 Å². The Hall–Kier alpha value is -1.74. The number of hydrogen-bond acceptors (Lipinski definition) is 4. The van der Waals surface area contributed by atoms with Gasteiger partial charge in [-0.3, -0.25) is 4.79 Å². The number of amides is 2. The highest BCUT2D eigenvalue weighted by molar-refractivity contribution is 9.10. The number of ether oxygens (including phenoxy) is 1. The van der Waals surface area contributed by atoms with Crippen molar-refractivity contribution in [2.24, 2.45) is 5.73 Å². The summed E-state index contributed by atoms with van der Waals surface area (Å²) in [6.07, 6.45) is 1.90. The molecule has 1 aromatic carbocycles. The SMILES string of the molecule is CC(C)(C)OC(=O)NC1CC2CCC(C1)N2C(=O)C(N)C(F)(F)c1ccc(Br)cc1. The summed E-state index contributed by atoms with van der Waals surface area (Å²) in [5, 5.41) is 2.84. The quantitative estimate of drug-likeness (QED) is 0.673. The van der Waals surface area contributed by atoms with E-state index < -0.39 is 29.6 Å². The first kappa shape index (κ1) is 22.9. The number of nitrogens with one attached hydrogen (secondary N) is 1. The Morgan fingerprint density at radius 2 is 1.70 bits per heavy atom. The van der Waals surface area contributed by atoms with Crippen LogP contribution in [0, 0.1) is 0 Å². The van der Waals surface area contributed by atoms with Gasteiger partial charge in [0.1, 0.15) is 5.60 Å². The van der Waals surface area contributed by atoms with Crippen molar-refractivity contribution in [3.05, 3.63) is 34.3 Å². The minimum absolute atomic E-state index is 0.162. The van der Waals surface area contributed by atoms with Gasteiger partial charge in [0.2, 0.25) is 5.91 Å². The molecule has 9 heteroatoms. The Morgan fingerprint density at radius 3 is 2.20 bits per heavy atom. The molecule has 2 aliphatic rings. The lowest BCUT2D eigenvalue weighted by atomic mass is 9.94. The number of nitrogens with two attached hydrogens (primary N) is 1. The first-order valence-corrected chi connectivity index (χ1v) is 10.9. The molecule has 0 aromatic heterocycles. The van der Waals surface area contributed by atoms with Crippen LogP contribution in [0.3, 0.4) is 0 Å². The summed E-state index contributed by atoms with van der Waals surface area (Å²) >= 11 is 3.21. The van der Waals surface area contributed by atoms with E-state index in [1.807, 2.05) is 0 Å². The van der Waals surface area contributed by atoms with Crippen molar-refractivity contribution in [3.8, 4) is 0 Å². The van der Waals surface area contributed by atoms with Crippen molar-refractivity contribution in [2.45, 2.75) is 82.1 Å². The Kier molecular flexibility index (Phi) is 6.43. The van der Waals surface area contributed by atoms with Crippen molar-refractivity contribution in [1.29, 1.82) is 0 Å². The normalized spacial score (nSPS) is 25.0. The molecular formula is C21H28BrF2N3O3. The second-order valence-corrected chi connectivity index (χ2v) is 9.97. The zero-order chi connectivity index (χ0) is 22.3. The van der Waals surface area contributed by atoms with Gasteiger partial charge in [-0.1, -0.05) is 28.1 Å². The van der Waals surface area contributed by atoms with Crippen LogP contribution in [-0.4, -0.2) is 46.7 Å². The van der Waals surface area contributed by atoms with Gasteiger partial charge in [-0.25, -0.2) is 4.79 Å². The second kappa shape index (κ2) is 8.42. The summed E-state index contributed by atoms with van der Waals surface area (Å²) in [6.45, 7) is 5.35. The number of alkyl halides is 2. The summed E-state index contributed by atoms with van der Waals surface area (Å²) in [7, 11) is 0. The zero-order valence-corrected chi connectivity index (χ0v) is 18.9. The monoisotopic (exact) mass is 487 g/mol. The first-order chi connectivity index (χ1) is 13.9. The van der Waals surface area contributed by atoms with Crippen LogP contribution in [0.1, 0.15) is 52.0 Å². The summed E-state index contributed by atoms with van der Waals surface area (Å²) in [5.74, 6) is -4.23. The molecule has 0 aliphatic carbocycles. The topological polar surface area (TPSA) is 84.7 Å². The molecule has 2 saturated heterocycles. The molecular weight excluding hydrogens is 460 g/mol. The lowest BCUT2D eigenvalue weighted by Crippen LogP contribution is -2.59. The number of alkyl carbamates (subject to hydrolysis) is 1. The van der Waals surface area contributed by atoms with Crippen molar-refractivity contribution < 1.29 is 23.1 Å². The number of rotatable bonds is 4. The number of halogens is 3. The van der Waals surface area contributed by atoms with Crippen LogP contribution in [0.5, 0.6) is 0 Å². The van der Waals surface area contributed by atoms with E-state index in [2.05, 4.69) is 21.2 Å². The number of nitrogens with zero attached hydrogens (tertiary/aromatic N) is 1. The lowest BCUT2D eigenvalue weighted by molar-refractivity contribution is -0.147. The van der Waals surface area contributed by atoms with E-state index >= 15 is 0 Å². The fourth-order valence-corrected chi connectivity index (χ4v) is 4.56. The van der Waals surface area contributed by atoms with Gasteiger partial charge in [-0.15, -0.1) is 0 Å². The molecule has 2 heterocycles. The van der Waals surface area contributed by atoms with Gasteiger partial charge in [0.25, 0.3) is 5.92 Å². The molecule has 0 radical (unpaired) electrons. The molecule has 3 unspecified atom stereocenters. The molecule has 3 N–H and O–H groups in total. The third-order valence-corrected chi connectivity index (χ3v) is 6.12. The molecule has 166 valence electrons. The average Bonchev–Trinajstić information content (AvgIpc) is 2.90. The number of fused-ring (bicyclic) bond motifs is 2. The van der Waals surface area contributed by atoms with Crippen LogP contribution in [-0.2, 0) is 15.5 Å². The first-order valence-electron chi connectivity index (χ1n) is 10.1. The average molecular weight is 488 g/mol. The maximum Gasteiger partial charge on any atom is 0.407 e. The van der Waals surface area contributed by atoms with E-state index in [0.717, 1.165) is 0 Å². The van der Waals surface area contributed by atoms with Gasteiger partial charge in [0.05, 0.1) is 0 Å². The van der Waals surface area contributed by atoms with Crippen LogP contribution in [0.2, 0.25) is 0 Å². The van der Waals surface area contributed by atoms with Gasteiger partial charge in [-0.05, 0) is 58.6 Å². The highest BCUT2D eigenvalue weighted by Crippen LogP contribution is 2.39. The Labute approximate surface area is 183 Å². The van der Waals surface area contributed by atoms with E-state index in [0.29, 0.717) is 30.2 Å². The van der Waals surface area contributed by atoms with Crippen LogP contribution >= 0.6 is 15.9 Å². The maximum atomic E-state index is 14.9. The summed E-state index contributed by atoms with van der Waals surface area (Å²) < 4.78 is 35.8. The molecule has 1 aromatic rings. The van der Waals surface area contributed by atoms with E-state index in [-0.39, 0.29) is 23.7 Å². The minimum atomic E-state index is -3.48. The number of carbonyl (C=O) groups excluding carboxylic acids is 2. The molecule has 2 aliphatic heterocycles. The number of hydrogen-bond donors (Lipinski definition) is 2. The summed E-state index contributed by atoms with van der Waals surface area (Å²) in [6, 6.07) is 2.97. The van der Waals surface area contributed by atoms with Crippen molar-refractivity contribution in [2.75, 3.05) is 0 Å². The minimum Gasteiger partial charge on any atom is -0.444 e. The number of carbonyl (C=O) groups is 2. The van der Waals surface area contributed by atoms with Gasteiger partial charge in [-0.2, -0.15) is 8.78 Å². The largest absolute Gasteiger partial charge is 0.444 e. The smallest absolute Gasteiger partial charge is 0.407 e. The van der Waals surface area contributed by atoms with Crippen LogP contribution in [0.4, 0.5) is 13.6 Å². The van der Waals surface area contributed by atoms with Crippen molar-refractivity contribution in [1.82, 2.24) is 10.2 Å². The molecule has 3 rings (SSSR count). The molecule has 6 nitrogen and oxygen atoms in total. The van der Waals surface area contributed by atoms with Gasteiger partial charge in [0.15, 0.2) is 6.04 Å². The maximum absolute atomic E-state index is 14.9. The standard InChI is InChI=1S/C21H28BrF2N3O3/c1-20(2,3)30-19(29)26-14-10-15-8-9-16(11-14)27(15)18(28)17(25)21(23,24)12-4-6-13(22)7-5-12/h4-7,14-17H,8-11,25H2,1-3H3,(H,26,29). The molecule has 3 atom stereocenters. The van der Waals surface area contributed by atoms with E-state index in [9.17, 15) is 18.4 Å². The van der Waals surface area contributed by atoms with Crippen LogP contribution in [0.25, 0.3) is 0 Å². The Bertz CT molecular complexity index is 784. The summed E-state index contributed by atoms with van der Waals surface area (Å²) in [4.78, 5) is 26.5. The molecule has 2 bridgehead atoms. The van der Waals surface area contributed by atoms with Gasteiger partial charge < -0.3 is 20.7 Å². The third-order valence-electron chi connectivity index (χ3n) is 5.59. The molecule has 0 saturated carbocycles. The number of benzene rings is 1. The fourth-order valence-electron chi connectivity index (χ4n) is 4.30. The summed E-state index contributed by atoms with van der Waals surface area (Å²) in [5.41, 5.74) is 4.89. The van der Waals surface area contributed by atoms with Crippen molar-refractivity contribution in [3.63, 3.8) is 0 Å². The van der Waals surface area contributed by atoms with Crippen LogP contribution < -0.4 is 11.1 Å². The van der Waals surface area contributed by atoms with Crippen molar-refractivity contribution >= 4 is 27.9 Å². The third kappa shape index (κ3) is 4.94. The molecule has 2 fully saturated rings. The Morgan fingerprint density at radius 1 is 1.17 bits per heavy atom. The fraction of sp³-hybridized carbons (Fsp3) is 0.619. The lowest BCUT2D eigenvalue weighted by Gasteiger charge is -2.41. The second-order valence-electron chi connectivity index (χ2n) is 9.05. The highest BCUT2D eigenvalue weighted by atomic mass is 79.9. The highest BCUT2D eigenvalue weighted by Gasteiger charge is 2.51. The molecule has 2 amide bonds. The van der Waals surface area contributed by atoms with Gasteiger partial charge >= 0.3 is 6.09 Å². The van der Waals surface area contributed by atoms with Gasteiger partial charge in [0, 0.05) is 28.2 Å². The predicted octanol–water partition coefficient (Wildman–Crippen LogP) is 3.91. The Balaban J connectivity index is 1.66. The number of piperidine rings is 1. The zero-order valence-electron chi connectivity index (χ0n) is 17.3. The van der Waals surface area contributed by atoms with Crippen LogP contribution in [0.15, 0.2) is 28.7 Å².